The minimum atomic E-state index is 0.671. The average molecular weight is 330 g/mol. The van der Waals surface area contributed by atoms with Gasteiger partial charge in [0.15, 0.2) is 0 Å². The molecule has 3 heterocycles. The molecule has 0 unspecified atom stereocenters. The fourth-order valence-electron chi connectivity index (χ4n) is 1.88. The smallest absolute Gasteiger partial charge is 0.106 e. The lowest BCUT2D eigenvalue weighted by Crippen LogP contribution is -2.00. The molecule has 3 aromatic rings. The Balaban J connectivity index is 1.76. The second kappa shape index (κ2) is 5.83. The van der Waals surface area contributed by atoms with E-state index in [1.165, 1.54) is 0 Å². The van der Waals surface area contributed by atoms with Gasteiger partial charge in [0.1, 0.15) is 4.60 Å². The lowest BCUT2D eigenvalue weighted by Gasteiger charge is -2.06. The largest absolute Gasteiger partial charge is 0.380 e. The monoisotopic (exact) mass is 329 g/mol. The first-order valence-corrected chi connectivity index (χ1v) is 6.90. The lowest BCUT2D eigenvalue weighted by atomic mass is 10.1. The second-order valence-electron chi connectivity index (χ2n) is 4.24. The van der Waals surface area contributed by atoms with E-state index in [1.54, 1.807) is 12.4 Å². The molecule has 0 aromatic carbocycles. The van der Waals surface area contributed by atoms with Gasteiger partial charge in [-0.05, 0) is 40.2 Å². The van der Waals surface area contributed by atoms with Crippen LogP contribution in [0.15, 0.2) is 53.7 Å². The number of anilines is 1. The molecule has 0 amide bonds. The number of rotatable bonds is 4. The Bertz CT molecular complexity index is 678. The highest BCUT2D eigenvalue weighted by atomic mass is 79.9. The fraction of sp³-hybridized carbons (Fsp3) is 0.0714. The molecule has 0 saturated carbocycles. The van der Waals surface area contributed by atoms with Gasteiger partial charge >= 0.3 is 0 Å². The molecule has 0 fully saturated rings. The molecule has 0 atom stereocenters. The van der Waals surface area contributed by atoms with Crippen LogP contribution in [-0.2, 0) is 6.54 Å². The lowest BCUT2D eigenvalue weighted by molar-refractivity contribution is 1.09. The highest BCUT2D eigenvalue weighted by Crippen LogP contribution is 2.21. The predicted molar refractivity (Wildman–Crippen MR) is 81.1 cm³/mol. The first-order valence-electron chi connectivity index (χ1n) is 6.11. The molecular formula is C14H12BrN5. The minimum absolute atomic E-state index is 0.671. The van der Waals surface area contributed by atoms with E-state index in [4.69, 9.17) is 0 Å². The molecule has 0 aliphatic rings. The summed E-state index contributed by atoms with van der Waals surface area (Å²) in [6.45, 7) is 0.671. The first kappa shape index (κ1) is 12.8. The van der Waals surface area contributed by atoms with Crippen molar-refractivity contribution < 1.29 is 0 Å². The van der Waals surface area contributed by atoms with Gasteiger partial charge in [-0.3, -0.25) is 10.1 Å². The van der Waals surface area contributed by atoms with Crippen LogP contribution in [-0.4, -0.2) is 20.2 Å². The van der Waals surface area contributed by atoms with Crippen LogP contribution in [0, 0.1) is 0 Å². The van der Waals surface area contributed by atoms with Gasteiger partial charge in [0.25, 0.3) is 0 Å². The summed E-state index contributed by atoms with van der Waals surface area (Å²) < 4.78 is 0.822. The molecule has 6 heteroatoms. The van der Waals surface area contributed by atoms with Crippen LogP contribution in [0.3, 0.4) is 0 Å². The van der Waals surface area contributed by atoms with Gasteiger partial charge in [0.05, 0.1) is 23.8 Å². The van der Waals surface area contributed by atoms with Crippen LogP contribution in [0.5, 0.6) is 0 Å². The maximum absolute atomic E-state index is 4.18. The molecule has 20 heavy (non-hydrogen) atoms. The van der Waals surface area contributed by atoms with Crippen molar-refractivity contribution in [3.8, 4) is 11.3 Å². The van der Waals surface area contributed by atoms with Crippen LogP contribution in [0.2, 0.25) is 0 Å². The number of hydrogen-bond acceptors (Lipinski definition) is 4. The summed E-state index contributed by atoms with van der Waals surface area (Å²) >= 11 is 3.32. The quantitative estimate of drug-likeness (QED) is 0.721. The predicted octanol–water partition coefficient (Wildman–Crippen LogP) is 3.24. The zero-order chi connectivity index (χ0) is 13.8. The van der Waals surface area contributed by atoms with Crippen molar-refractivity contribution in [1.82, 2.24) is 20.2 Å². The topological polar surface area (TPSA) is 66.5 Å². The van der Waals surface area contributed by atoms with Crippen molar-refractivity contribution in [1.29, 1.82) is 0 Å². The molecule has 0 spiro atoms. The summed E-state index contributed by atoms with van der Waals surface area (Å²) in [6.07, 6.45) is 7.18. The van der Waals surface area contributed by atoms with E-state index in [2.05, 4.69) is 41.4 Å². The maximum atomic E-state index is 4.18. The normalized spacial score (nSPS) is 10.4. The number of H-pyrrole nitrogens is 1. The summed E-state index contributed by atoms with van der Waals surface area (Å²) in [6, 6.07) is 7.79. The van der Waals surface area contributed by atoms with E-state index < -0.39 is 0 Å². The molecule has 0 radical (unpaired) electrons. The van der Waals surface area contributed by atoms with E-state index in [9.17, 15) is 0 Å². The third-order valence-electron chi connectivity index (χ3n) is 2.88. The molecule has 100 valence electrons. The van der Waals surface area contributed by atoms with Crippen molar-refractivity contribution in [2.45, 2.75) is 6.54 Å². The Morgan fingerprint density at radius 3 is 2.85 bits per heavy atom. The Labute approximate surface area is 124 Å². The molecule has 3 rings (SSSR count). The molecule has 0 aliphatic heterocycles. The van der Waals surface area contributed by atoms with Gasteiger partial charge in [0, 0.05) is 30.1 Å². The van der Waals surface area contributed by atoms with Gasteiger partial charge in [-0.25, -0.2) is 4.98 Å². The molecule has 0 bridgehead atoms. The fourth-order valence-corrected chi connectivity index (χ4v) is 2.12. The molecule has 3 aromatic heterocycles. The zero-order valence-corrected chi connectivity index (χ0v) is 12.1. The molecular weight excluding hydrogens is 318 g/mol. The highest BCUT2D eigenvalue weighted by molar-refractivity contribution is 9.10. The van der Waals surface area contributed by atoms with E-state index in [-0.39, 0.29) is 0 Å². The van der Waals surface area contributed by atoms with Crippen LogP contribution in [0.4, 0.5) is 5.69 Å². The number of aromatic amines is 1. The summed E-state index contributed by atoms with van der Waals surface area (Å²) in [7, 11) is 0. The Morgan fingerprint density at radius 1 is 1.15 bits per heavy atom. The summed E-state index contributed by atoms with van der Waals surface area (Å²) in [5.74, 6) is 0. The van der Waals surface area contributed by atoms with Crippen molar-refractivity contribution in [3.05, 3.63) is 59.2 Å². The third kappa shape index (κ3) is 2.85. The highest BCUT2D eigenvalue weighted by Gasteiger charge is 2.07. The molecule has 5 nitrogen and oxygen atoms in total. The van der Waals surface area contributed by atoms with Crippen molar-refractivity contribution in [2.24, 2.45) is 0 Å². The van der Waals surface area contributed by atoms with Crippen molar-refractivity contribution in [3.63, 3.8) is 0 Å². The van der Waals surface area contributed by atoms with E-state index >= 15 is 0 Å². The Kier molecular flexibility index (Phi) is 3.73. The first-order chi connectivity index (χ1) is 9.83. The van der Waals surface area contributed by atoms with Gasteiger partial charge < -0.3 is 5.32 Å². The number of pyridine rings is 2. The second-order valence-corrected chi connectivity index (χ2v) is 5.05. The number of hydrogen-bond donors (Lipinski definition) is 2. The SMILES string of the molecule is Brc1ccc(NCc2cn[nH]c2-c2cccnc2)cn1. The molecule has 0 aliphatic carbocycles. The number of nitrogens with zero attached hydrogens (tertiary/aromatic N) is 3. The van der Waals surface area contributed by atoms with Gasteiger partial charge in [-0.2, -0.15) is 5.10 Å². The van der Waals surface area contributed by atoms with Crippen molar-refractivity contribution >= 4 is 21.6 Å². The third-order valence-corrected chi connectivity index (χ3v) is 3.35. The van der Waals surface area contributed by atoms with Gasteiger partial charge in [-0.1, -0.05) is 0 Å². The summed E-state index contributed by atoms with van der Waals surface area (Å²) in [4.78, 5) is 8.31. The number of nitrogens with one attached hydrogen (secondary N) is 2. The molecule has 0 saturated heterocycles. The van der Waals surface area contributed by atoms with Crippen LogP contribution in [0.1, 0.15) is 5.56 Å². The van der Waals surface area contributed by atoms with Crippen LogP contribution < -0.4 is 5.32 Å². The van der Waals surface area contributed by atoms with E-state index in [0.717, 1.165) is 27.1 Å². The standard InChI is InChI=1S/C14H12BrN5/c15-13-4-3-12(9-18-13)17-7-11-8-19-20-14(11)10-2-1-5-16-6-10/h1-6,8-9,17H,7H2,(H,19,20). The van der Waals surface area contributed by atoms with Gasteiger partial charge in [0.2, 0.25) is 0 Å². The number of halogens is 1. The summed E-state index contributed by atoms with van der Waals surface area (Å²) in [5, 5.41) is 10.4. The average Bonchev–Trinajstić information content (AvgIpc) is 2.96. The van der Waals surface area contributed by atoms with Crippen LogP contribution in [0.25, 0.3) is 11.3 Å². The summed E-state index contributed by atoms with van der Waals surface area (Å²) in [5.41, 5.74) is 4.05. The van der Waals surface area contributed by atoms with Crippen molar-refractivity contribution in [2.75, 3.05) is 5.32 Å². The maximum Gasteiger partial charge on any atom is 0.106 e. The van der Waals surface area contributed by atoms with Crippen LogP contribution >= 0.6 is 15.9 Å². The van der Waals surface area contributed by atoms with Gasteiger partial charge in [-0.15, -0.1) is 0 Å². The Morgan fingerprint density at radius 2 is 2.10 bits per heavy atom. The van der Waals surface area contributed by atoms with E-state index in [0.29, 0.717) is 6.54 Å². The molecule has 2 N–H and O–H groups in total. The Hall–Kier alpha value is -2.21. The van der Waals surface area contributed by atoms with E-state index in [1.807, 2.05) is 36.7 Å². The minimum Gasteiger partial charge on any atom is -0.380 e. The number of aromatic nitrogens is 4. The zero-order valence-electron chi connectivity index (χ0n) is 10.5.